The molecule has 1 heterocycles. The monoisotopic (exact) mass is 294 g/mol. The van der Waals surface area contributed by atoms with Crippen molar-refractivity contribution in [3.8, 4) is 5.75 Å². The van der Waals surface area contributed by atoms with Crippen LogP contribution >= 0.6 is 0 Å². The van der Waals surface area contributed by atoms with Gasteiger partial charge in [0.1, 0.15) is 18.5 Å². The molecule has 1 aromatic carbocycles. The van der Waals surface area contributed by atoms with Crippen LogP contribution in [0, 0.1) is 0 Å². The van der Waals surface area contributed by atoms with Crippen LogP contribution in [0.3, 0.4) is 0 Å². The van der Waals surface area contributed by atoms with Crippen LogP contribution in [0.4, 0.5) is 4.39 Å². The molecule has 114 valence electrons. The zero-order valence-electron chi connectivity index (χ0n) is 12.3. The molecule has 1 aliphatic rings. The molecule has 0 spiro atoms. The van der Waals surface area contributed by atoms with Crippen molar-refractivity contribution < 1.29 is 18.7 Å². The number of fused-ring (bicyclic) bond motifs is 1. The number of hydrogen-bond donors (Lipinski definition) is 2. The lowest BCUT2D eigenvalue weighted by atomic mass is 9.94. The van der Waals surface area contributed by atoms with Gasteiger partial charge in [0.15, 0.2) is 0 Å². The van der Waals surface area contributed by atoms with E-state index in [0.29, 0.717) is 23.4 Å². The Kier molecular flexibility index (Phi) is 4.45. The lowest BCUT2D eigenvalue weighted by molar-refractivity contribution is 0.0955. The molecule has 0 radical (unpaired) electrons. The maximum absolute atomic E-state index is 13.0. The Hall–Kier alpha value is -2.11. The fourth-order valence-corrected chi connectivity index (χ4v) is 2.44. The minimum absolute atomic E-state index is 0.206. The third kappa shape index (κ3) is 2.70. The highest BCUT2D eigenvalue weighted by Crippen LogP contribution is 2.41. The first-order valence-corrected chi connectivity index (χ1v) is 6.94. The van der Waals surface area contributed by atoms with E-state index in [2.05, 4.69) is 10.6 Å². The van der Waals surface area contributed by atoms with Crippen LogP contribution < -0.4 is 15.4 Å². The normalized spacial score (nSPS) is 19.6. The van der Waals surface area contributed by atoms with Crippen LogP contribution in [-0.2, 0) is 0 Å². The summed E-state index contributed by atoms with van der Waals surface area (Å²) < 4.78 is 18.6. The fourth-order valence-electron chi connectivity index (χ4n) is 2.44. The molecule has 21 heavy (non-hydrogen) atoms. The van der Waals surface area contributed by atoms with E-state index in [-0.39, 0.29) is 23.3 Å². The van der Waals surface area contributed by atoms with Crippen molar-refractivity contribution in [3.63, 3.8) is 0 Å². The predicted octanol–water partition coefficient (Wildman–Crippen LogP) is 1.63. The van der Waals surface area contributed by atoms with Gasteiger partial charge in [-0.25, -0.2) is 4.39 Å². The zero-order valence-corrected chi connectivity index (χ0v) is 12.3. The van der Waals surface area contributed by atoms with Crippen molar-refractivity contribution in [2.75, 3.05) is 20.3 Å². The van der Waals surface area contributed by atoms with Gasteiger partial charge < -0.3 is 15.4 Å². The Morgan fingerprint density at radius 3 is 2.62 bits per heavy atom. The molecular formula is C15H19FN2O3. The molecule has 2 amide bonds. The standard InChI is InChI=1S/C15H19FN2O3/c1-4-18-14(19)9-5-10-8(2)12(7-16)21-13(10)11(6-9)15(20)17-3/h5-6,8,12H,4,7H2,1-3H3,(H,17,20)(H,18,19)/t8-,12+/m0/s1. The molecule has 2 N–H and O–H groups in total. The van der Waals surface area contributed by atoms with E-state index >= 15 is 0 Å². The first-order valence-electron chi connectivity index (χ1n) is 6.94. The van der Waals surface area contributed by atoms with Crippen molar-refractivity contribution in [2.45, 2.75) is 25.9 Å². The van der Waals surface area contributed by atoms with Gasteiger partial charge in [0.25, 0.3) is 11.8 Å². The van der Waals surface area contributed by atoms with Crippen molar-refractivity contribution >= 4 is 11.8 Å². The van der Waals surface area contributed by atoms with Crippen molar-refractivity contribution in [1.29, 1.82) is 0 Å². The van der Waals surface area contributed by atoms with Crippen LogP contribution in [0.25, 0.3) is 0 Å². The van der Waals surface area contributed by atoms with Crippen LogP contribution in [0.5, 0.6) is 5.75 Å². The number of halogens is 1. The van der Waals surface area contributed by atoms with E-state index in [1.807, 2.05) is 13.8 Å². The smallest absolute Gasteiger partial charge is 0.254 e. The van der Waals surface area contributed by atoms with Gasteiger partial charge in [-0.1, -0.05) is 6.92 Å². The summed E-state index contributed by atoms with van der Waals surface area (Å²) >= 11 is 0. The van der Waals surface area contributed by atoms with Gasteiger partial charge in [-0.3, -0.25) is 9.59 Å². The number of rotatable bonds is 4. The molecular weight excluding hydrogens is 275 g/mol. The SMILES string of the molecule is CCNC(=O)c1cc(C(=O)NC)c2c(c1)[C@H](C)[C@@H](CF)O2. The van der Waals surface area contributed by atoms with Gasteiger partial charge in [0.05, 0.1) is 5.56 Å². The number of benzene rings is 1. The third-order valence-corrected chi connectivity index (χ3v) is 3.66. The first-order chi connectivity index (χ1) is 10.0. The van der Waals surface area contributed by atoms with Crippen molar-refractivity contribution in [1.82, 2.24) is 10.6 Å². The molecule has 1 aliphatic heterocycles. The zero-order chi connectivity index (χ0) is 15.6. The highest BCUT2D eigenvalue weighted by atomic mass is 19.1. The average molecular weight is 294 g/mol. The van der Waals surface area contributed by atoms with Crippen molar-refractivity contribution in [3.05, 3.63) is 28.8 Å². The molecule has 0 aliphatic carbocycles. The maximum Gasteiger partial charge on any atom is 0.254 e. The Balaban J connectivity index is 2.53. The predicted molar refractivity (Wildman–Crippen MR) is 76.6 cm³/mol. The molecule has 0 saturated heterocycles. The maximum atomic E-state index is 13.0. The Morgan fingerprint density at radius 2 is 2.05 bits per heavy atom. The molecule has 2 rings (SSSR count). The van der Waals surface area contributed by atoms with Gasteiger partial charge in [0, 0.05) is 30.6 Å². The molecule has 0 unspecified atom stereocenters. The van der Waals surface area contributed by atoms with Crippen LogP contribution in [0.15, 0.2) is 12.1 Å². The fraction of sp³-hybridized carbons (Fsp3) is 0.467. The summed E-state index contributed by atoms with van der Waals surface area (Å²) in [6.07, 6.45) is -0.618. The van der Waals surface area contributed by atoms with E-state index in [1.54, 1.807) is 6.07 Å². The van der Waals surface area contributed by atoms with E-state index in [9.17, 15) is 14.0 Å². The number of nitrogens with one attached hydrogen (secondary N) is 2. The lowest BCUT2D eigenvalue weighted by Crippen LogP contribution is -2.24. The topological polar surface area (TPSA) is 67.4 Å². The Labute approximate surface area is 122 Å². The van der Waals surface area contributed by atoms with Crippen molar-refractivity contribution in [2.24, 2.45) is 0 Å². The molecule has 0 aromatic heterocycles. The summed E-state index contributed by atoms with van der Waals surface area (Å²) in [5.74, 6) is -0.453. The molecule has 6 heteroatoms. The van der Waals surface area contributed by atoms with E-state index in [0.717, 1.165) is 0 Å². The molecule has 1 aromatic rings. The highest BCUT2D eigenvalue weighted by Gasteiger charge is 2.35. The number of alkyl halides is 1. The lowest BCUT2D eigenvalue weighted by Gasteiger charge is -2.11. The van der Waals surface area contributed by atoms with Crippen LogP contribution in [-0.4, -0.2) is 38.2 Å². The van der Waals surface area contributed by atoms with Gasteiger partial charge in [-0.05, 0) is 19.1 Å². The number of carbonyl (C=O) groups is 2. The summed E-state index contributed by atoms with van der Waals surface area (Å²) in [4.78, 5) is 24.0. The van der Waals surface area contributed by atoms with E-state index < -0.39 is 12.8 Å². The van der Waals surface area contributed by atoms with Crippen LogP contribution in [0.1, 0.15) is 46.0 Å². The molecule has 0 bridgehead atoms. The number of amides is 2. The van der Waals surface area contributed by atoms with Crippen LogP contribution in [0.2, 0.25) is 0 Å². The Bertz CT molecular complexity index is 574. The summed E-state index contributed by atoms with van der Waals surface area (Å²) in [5, 5.41) is 5.20. The summed E-state index contributed by atoms with van der Waals surface area (Å²) in [6, 6.07) is 3.16. The molecule has 5 nitrogen and oxygen atoms in total. The molecule has 0 fully saturated rings. The minimum atomic E-state index is -0.639. The summed E-state index contributed by atoms with van der Waals surface area (Å²) in [7, 11) is 1.50. The molecule has 0 saturated carbocycles. The third-order valence-electron chi connectivity index (χ3n) is 3.66. The Morgan fingerprint density at radius 1 is 1.33 bits per heavy atom. The van der Waals surface area contributed by atoms with E-state index in [1.165, 1.54) is 13.1 Å². The highest BCUT2D eigenvalue weighted by molar-refractivity contribution is 6.02. The van der Waals surface area contributed by atoms with Gasteiger partial charge in [-0.2, -0.15) is 0 Å². The second-order valence-corrected chi connectivity index (χ2v) is 4.98. The van der Waals surface area contributed by atoms with Gasteiger partial charge in [-0.15, -0.1) is 0 Å². The number of ether oxygens (including phenoxy) is 1. The first kappa shape index (κ1) is 15.3. The second kappa shape index (κ2) is 6.11. The number of hydrogen-bond acceptors (Lipinski definition) is 3. The summed E-state index contributed by atoms with van der Waals surface area (Å²) in [6.45, 7) is 3.49. The molecule has 2 atom stereocenters. The van der Waals surface area contributed by atoms with E-state index in [4.69, 9.17) is 4.74 Å². The largest absolute Gasteiger partial charge is 0.486 e. The van der Waals surface area contributed by atoms with Gasteiger partial charge >= 0.3 is 0 Å². The van der Waals surface area contributed by atoms with Gasteiger partial charge in [0.2, 0.25) is 0 Å². The quantitative estimate of drug-likeness (QED) is 0.887. The number of carbonyl (C=O) groups excluding carboxylic acids is 2. The average Bonchev–Trinajstić information content (AvgIpc) is 2.82. The minimum Gasteiger partial charge on any atom is -0.486 e. The summed E-state index contributed by atoms with van der Waals surface area (Å²) in [5.41, 5.74) is 1.34. The second-order valence-electron chi connectivity index (χ2n) is 4.98.